The maximum absolute atomic E-state index is 3.61. The Morgan fingerprint density at radius 1 is 1.11 bits per heavy atom. The van der Waals surface area contributed by atoms with Crippen molar-refractivity contribution in [1.29, 1.82) is 0 Å². The van der Waals surface area contributed by atoms with E-state index in [1.807, 2.05) is 0 Å². The molecule has 0 bridgehead atoms. The van der Waals surface area contributed by atoms with Crippen LogP contribution in [0.2, 0.25) is 0 Å². The monoisotopic (exact) mass is 254 g/mol. The average molecular weight is 254 g/mol. The zero-order chi connectivity index (χ0) is 13.4. The van der Waals surface area contributed by atoms with Crippen molar-refractivity contribution in [2.45, 2.75) is 72.3 Å². The van der Waals surface area contributed by atoms with Crippen molar-refractivity contribution in [3.05, 3.63) is 0 Å². The number of hydrogen-bond acceptors (Lipinski definition) is 2. The summed E-state index contributed by atoms with van der Waals surface area (Å²) in [7, 11) is 0. The highest BCUT2D eigenvalue weighted by Gasteiger charge is 2.18. The number of nitrogens with one attached hydrogen (secondary N) is 1. The molecule has 1 saturated heterocycles. The van der Waals surface area contributed by atoms with Crippen LogP contribution >= 0.6 is 0 Å². The molecular weight excluding hydrogens is 220 g/mol. The van der Waals surface area contributed by atoms with Crippen LogP contribution in [0, 0.1) is 5.41 Å². The van der Waals surface area contributed by atoms with E-state index < -0.39 is 0 Å². The molecule has 18 heavy (non-hydrogen) atoms. The van der Waals surface area contributed by atoms with Gasteiger partial charge in [0.2, 0.25) is 0 Å². The first-order valence-corrected chi connectivity index (χ1v) is 7.97. The number of likely N-dealkylation sites (tertiary alicyclic amines) is 1. The number of rotatable bonds is 6. The smallest absolute Gasteiger partial charge is 0.0110 e. The quantitative estimate of drug-likeness (QED) is 0.728. The first kappa shape index (κ1) is 16.0. The second kappa shape index (κ2) is 8.16. The van der Waals surface area contributed by atoms with E-state index in [0.717, 1.165) is 19.1 Å². The van der Waals surface area contributed by atoms with E-state index >= 15 is 0 Å². The third kappa shape index (κ3) is 6.75. The van der Waals surface area contributed by atoms with Gasteiger partial charge in [-0.05, 0) is 44.2 Å². The van der Waals surface area contributed by atoms with Gasteiger partial charge in [0.05, 0.1) is 0 Å². The van der Waals surface area contributed by atoms with Crippen LogP contribution in [0.25, 0.3) is 0 Å². The fraction of sp³-hybridized carbons (Fsp3) is 1.00. The van der Waals surface area contributed by atoms with Gasteiger partial charge in [-0.15, -0.1) is 0 Å². The molecule has 1 atom stereocenters. The van der Waals surface area contributed by atoms with Gasteiger partial charge in [-0.1, -0.05) is 40.5 Å². The molecule has 108 valence electrons. The second-order valence-electron chi connectivity index (χ2n) is 7.01. The summed E-state index contributed by atoms with van der Waals surface area (Å²) in [5.74, 6) is 0. The minimum atomic E-state index is 0.460. The zero-order valence-corrected chi connectivity index (χ0v) is 13.1. The van der Waals surface area contributed by atoms with Gasteiger partial charge in [-0.2, -0.15) is 0 Å². The molecule has 1 unspecified atom stereocenters. The van der Waals surface area contributed by atoms with Gasteiger partial charge in [0.15, 0.2) is 0 Å². The Hall–Kier alpha value is -0.0800. The largest absolute Gasteiger partial charge is 0.315 e. The predicted molar refractivity (Wildman–Crippen MR) is 81.1 cm³/mol. The lowest BCUT2D eigenvalue weighted by Gasteiger charge is -2.29. The summed E-state index contributed by atoms with van der Waals surface area (Å²) in [6.45, 7) is 14.2. The van der Waals surface area contributed by atoms with Gasteiger partial charge in [0.1, 0.15) is 0 Å². The van der Waals surface area contributed by atoms with E-state index in [1.54, 1.807) is 0 Å². The summed E-state index contributed by atoms with van der Waals surface area (Å²) >= 11 is 0. The summed E-state index contributed by atoms with van der Waals surface area (Å²) in [5.41, 5.74) is 0.460. The molecule has 1 heterocycles. The minimum Gasteiger partial charge on any atom is -0.315 e. The van der Waals surface area contributed by atoms with Gasteiger partial charge < -0.3 is 5.32 Å². The van der Waals surface area contributed by atoms with Crippen LogP contribution < -0.4 is 5.32 Å². The Morgan fingerprint density at radius 3 is 2.56 bits per heavy atom. The van der Waals surface area contributed by atoms with Crippen molar-refractivity contribution in [2.24, 2.45) is 5.41 Å². The molecule has 1 aliphatic heterocycles. The molecule has 1 rings (SSSR count). The molecule has 0 aromatic heterocycles. The van der Waals surface area contributed by atoms with Gasteiger partial charge in [-0.3, -0.25) is 4.90 Å². The topological polar surface area (TPSA) is 15.3 Å². The molecule has 0 aromatic rings. The van der Waals surface area contributed by atoms with Gasteiger partial charge in [0.25, 0.3) is 0 Å². The molecule has 1 aliphatic rings. The third-order valence-corrected chi connectivity index (χ3v) is 4.10. The molecule has 0 aliphatic carbocycles. The van der Waals surface area contributed by atoms with E-state index in [1.165, 1.54) is 51.6 Å². The Morgan fingerprint density at radius 2 is 1.89 bits per heavy atom. The van der Waals surface area contributed by atoms with E-state index in [2.05, 4.69) is 37.9 Å². The Kier molecular flexibility index (Phi) is 7.25. The standard InChI is InChI=1S/C16H34N2/c1-5-15-9-7-6-8-13-18(15)14-12-17-11-10-16(2,3)4/h15,17H,5-14H2,1-4H3. The molecular formula is C16H34N2. The van der Waals surface area contributed by atoms with Gasteiger partial charge in [-0.25, -0.2) is 0 Å². The summed E-state index contributed by atoms with van der Waals surface area (Å²) in [4.78, 5) is 2.72. The molecule has 0 radical (unpaired) electrons. The minimum absolute atomic E-state index is 0.460. The van der Waals surface area contributed by atoms with Crippen molar-refractivity contribution >= 4 is 0 Å². The maximum Gasteiger partial charge on any atom is 0.0110 e. The van der Waals surface area contributed by atoms with Crippen LogP contribution in [-0.4, -0.2) is 37.1 Å². The van der Waals surface area contributed by atoms with E-state index in [0.29, 0.717) is 5.41 Å². The second-order valence-corrected chi connectivity index (χ2v) is 7.01. The van der Waals surface area contributed by atoms with Crippen LogP contribution in [-0.2, 0) is 0 Å². The predicted octanol–water partition coefficient (Wildman–Crippen LogP) is 3.67. The molecule has 0 amide bonds. The maximum atomic E-state index is 3.61. The summed E-state index contributed by atoms with van der Waals surface area (Å²) < 4.78 is 0. The summed E-state index contributed by atoms with van der Waals surface area (Å²) in [6.07, 6.45) is 8.28. The van der Waals surface area contributed by atoms with E-state index in [4.69, 9.17) is 0 Å². The Balaban J connectivity index is 2.16. The van der Waals surface area contributed by atoms with E-state index in [9.17, 15) is 0 Å². The molecule has 1 N–H and O–H groups in total. The van der Waals surface area contributed by atoms with Crippen molar-refractivity contribution in [1.82, 2.24) is 10.2 Å². The lowest BCUT2D eigenvalue weighted by atomic mass is 9.92. The van der Waals surface area contributed by atoms with Crippen LogP contribution in [0.3, 0.4) is 0 Å². The number of nitrogens with zero attached hydrogens (tertiary/aromatic N) is 1. The molecule has 1 fully saturated rings. The summed E-state index contributed by atoms with van der Waals surface area (Å²) in [6, 6.07) is 0.844. The van der Waals surface area contributed by atoms with Crippen LogP contribution in [0.5, 0.6) is 0 Å². The van der Waals surface area contributed by atoms with Crippen molar-refractivity contribution in [2.75, 3.05) is 26.2 Å². The third-order valence-electron chi connectivity index (χ3n) is 4.10. The van der Waals surface area contributed by atoms with Crippen LogP contribution in [0.1, 0.15) is 66.2 Å². The normalized spacial score (nSPS) is 23.0. The first-order chi connectivity index (χ1) is 8.53. The fourth-order valence-corrected chi connectivity index (χ4v) is 2.80. The molecule has 2 heteroatoms. The SMILES string of the molecule is CCC1CCCCCN1CCNCCC(C)(C)C. The summed E-state index contributed by atoms with van der Waals surface area (Å²) in [5, 5.41) is 3.61. The van der Waals surface area contributed by atoms with E-state index in [-0.39, 0.29) is 0 Å². The van der Waals surface area contributed by atoms with Crippen molar-refractivity contribution < 1.29 is 0 Å². The van der Waals surface area contributed by atoms with Crippen LogP contribution in [0.15, 0.2) is 0 Å². The molecule has 0 saturated carbocycles. The Bertz CT molecular complexity index is 208. The zero-order valence-electron chi connectivity index (χ0n) is 13.1. The molecule has 0 aromatic carbocycles. The lowest BCUT2D eigenvalue weighted by molar-refractivity contribution is 0.194. The van der Waals surface area contributed by atoms with Crippen LogP contribution in [0.4, 0.5) is 0 Å². The highest BCUT2D eigenvalue weighted by Crippen LogP contribution is 2.19. The highest BCUT2D eigenvalue weighted by molar-refractivity contribution is 4.75. The van der Waals surface area contributed by atoms with Crippen molar-refractivity contribution in [3.8, 4) is 0 Å². The molecule has 0 spiro atoms. The Labute approximate surface area is 115 Å². The van der Waals surface area contributed by atoms with Gasteiger partial charge in [0, 0.05) is 19.1 Å². The highest BCUT2D eigenvalue weighted by atomic mass is 15.2. The fourth-order valence-electron chi connectivity index (χ4n) is 2.80. The van der Waals surface area contributed by atoms with Crippen molar-refractivity contribution in [3.63, 3.8) is 0 Å². The number of hydrogen-bond donors (Lipinski definition) is 1. The molecule has 2 nitrogen and oxygen atoms in total. The lowest BCUT2D eigenvalue weighted by Crippen LogP contribution is -2.39. The van der Waals surface area contributed by atoms with Gasteiger partial charge >= 0.3 is 0 Å². The average Bonchev–Trinajstić information content (AvgIpc) is 2.52. The first-order valence-electron chi connectivity index (χ1n) is 7.97.